The highest BCUT2D eigenvalue weighted by Crippen LogP contribution is 2.21. The van der Waals surface area contributed by atoms with Crippen LogP contribution in [0.15, 0.2) is 15.9 Å². The van der Waals surface area contributed by atoms with E-state index in [0.717, 1.165) is 11.8 Å². The van der Waals surface area contributed by atoms with Gasteiger partial charge in [0.2, 0.25) is 0 Å². The number of thioether (sulfide) groups is 1. The molecule has 0 amide bonds. The molecule has 1 heterocycles. The quantitative estimate of drug-likeness (QED) is 0.639. The number of aromatic nitrogens is 1. The monoisotopic (exact) mass is 161 g/mol. The lowest BCUT2D eigenvalue weighted by atomic mass is 11.0. The first kappa shape index (κ1) is 6.57. The van der Waals surface area contributed by atoms with Crippen LogP contribution in [0.3, 0.4) is 0 Å². The second kappa shape index (κ2) is 2.84. The third kappa shape index (κ3) is 2.03. The third-order valence-corrected chi connectivity index (χ3v) is 2.18. The highest BCUT2D eigenvalue weighted by Gasteiger charge is 2.00. The summed E-state index contributed by atoms with van der Waals surface area (Å²) in [6.07, 6.45) is 1.53. The van der Waals surface area contributed by atoms with Crippen molar-refractivity contribution in [2.75, 3.05) is 0 Å². The van der Waals surface area contributed by atoms with Crippen LogP contribution in [-0.4, -0.2) is 15.4 Å². The standard InChI is InChI=1S/C4H3NO2S2/c6-4(7)9-3-1-5-2-8-3/h1-2H,(H,6,7). The van der Waals surface area contributed by atoms with E-state index < -0.39 is 5.30 Å². The van der Waals surface area contributed by atoms with E-state index in [4.69, 9.17) is 5.11 Å². The summed E-state index contributed by atoms with van der Waals surface area (Å²) in [5.74, 6) is 0. The Bertz CT molecular complexity index is 196. The van der Waals surface area contributed by atoms with Crippen molar-refractivity contribution in [2.24, 2.45) is 0 Å². The summed E-state index contributed by atoms with van der Waals surface area (Å²) in [5.41, 5.74) is 1.60. The first-order valence-electron chi connectivity index (χ1n) is 2.08. The van der Waals surface area contributed by atoms with Crippen molar-refractivity contribution in [1.82, 2.24) is 4.98 Å². The zero-order chi connectivity index (χ0) is 6.69. The molecule has 1 N–H and O–H groups in total. The average molecular weight is 161 g/mol. The van der Waals surface area contributed by atoms with Gasteiger partial charge >= 0.3 is 5.30 Å². The molecular formula is C4H3NO2S2. The summed E-state index contributed by atoms with van der Waals surface area (Å²) in [7, 11) is 0. The van der Waals surface area contributed by atoms with Crippen LogP contribution in [-0.2, 0) is 0 Å². The topological polar surface area (TPSA) is 50.2 Å². The molecule has 0 radical (unpaired) electrons. The highest BCUT2D eigenvalue weighted by atomic mass is 32.2. The van der Waals surface area contributed by atoms with Crippen LogP contribution < -0.4 is 0 Å². The minimum Gasteiger partial charge on any atom is -0.473 e. The number of carboxylic acid groups (broad SMARTS) is 1. The molecule has 9 heavy (non-hydrogen) atoms. The molecule has 0 saturated heterocycles. The van der Waals surface area contributed by atoms with E-state index in [1.807, 2.05) is 0 Å². The fourth-order valence-corrected chi connectivity index (χ4v) is 1.51. The van der Waals surface area contributed by atoms with E-state index in [-0.39, 0.29) is 0 Å². The van der Waals surface area contributed by atoms with Crippen LogP contribution in [0.1, 0.15) is 0 Å². The molecule has 48 valence electrons. The Kier molecular flexibility index (Phi) is 2.07. The second-order valence-electron chi connectivity index (χ2n) is 1.19. The maximum atomic E-state index is 10.0. The summed E-state index contributed by atoms with van der Waals surface area (Å²) >= 11 is 2.10. The predicted molar refractivity (Wildman–Crippen MR) is 36.0 cm³/mol. The number of rotatable bonds is 1. The van der Waals surface area contributed by atoms with Crippen LogP contribution in [0.2, 0.25) is 0 Å². The van der Waals surface area contributed by atoms with Crippen molar-refractivity contribution >= 4 is 28.4 Å². The molecule has 0 bridgehead atoms. The Balaban J connectivity index is 2.58. The number of hydrogen-bond donors (Lipinski definition) is 1. The van der Waals surface area contributed by atoms with E-state index >= 15 is 0 Å². The zero-order valence-electron chi connectivity index (χ0n) is 4.27. The SMILES string of the molecule is O=C(O)Sc1cncs1. The Morgan fingerprint density at radius 2 is 2.67 bits per heavy atom. The fourth-order valence-electron chi connectivity index (χ4n) is 0.341. The summed E-state index contributed by atoms with van der Waals surface area (Å²) in [6, 6.07) is 0. The van der Waals surface area contributed by atoms with Crippen LogP contribution in [0.5, 0.6) is 0 Å². The Morgan fingerprint density at radius 3 is 3.11 bits per heavy atom. The van der Waals surface area contributed by atoms with Crippen molar-refractivity contribution in [3.8, 4) is 0 Å². The molecule has 0 aromatic carbocycles. The molecule has 0 aliphatic heterocycles. The van der Waals surface area contributed by atoms with Crippen molar-refractivity contribution in [3.05, 3.63) is 11.7 Å². The third-order valence-electron chi connectivity index (χ3n) is 0.598. The minimum atomic E-state index is -0.890. The van der Waals surface area contributed by atoms with Gasteiger partial charge in [-0.3, -0.25) is 4.98 Å². The highest BCUT2D eigenvalue weighted by molar-refractivity contribution is 8.14. The van der Waals surface area contributed by atoms with Gasteiger partial charge in [0, 0.05) is 11.8 Å². The van der Waals surface area contributed by atoms with Crippen LogP contribution in [0.4, 0.5) is 4.79 Å². The summed E-state index contributed by atoms with van der Waals surface area (Å²) in [6.45, 7) is 0. The van der Waals surface area contributed by atoms with Crippen molar-refractivity contribution in [3.63, 3.8) is 0 Å². The van der Waals surface area contributed by atoms with Gasteiger partial charge in [0.25, 0.3) is 0 Å². The summed E-state index contributed by atoms with van der Waals surface area (Å²) in [5, 5.41) is 7.34. The maximum absolute atomic E-state index is 10.0. The second-order valence-corrected chi connectivity index (χ2v) is 3.33. The normalized spacial score (nSPS) is 9.33. The lowest BCUT2D eigenvalue weighted by Crippen LogP contribution is -1.78. The molecule has 5 heteroatoms. The molecular weight excluding hydrogens is 158 g/mol. The lowest BCUT2D eigenvalue weighted by Gasteiger charge is -1.83. The van der Waals surface area contributed by atoms with Gasteiger partial charge < -0.3 is 5.11 Å². The molecule has 0 aliphatic rings. The van der Waals surface area contributed by atoms with Gasteiger partial charge in [0.05, 0.1) is 15.9 Å². The molecule has 0 aliphatic carbocycles. The molecule has 0 spiro atoms. The fraction of sp³-hybridized carbons (Fsp3) is 0. The summed E-state index contributed by atoms with van der Waals surface area (Å²) < 4.78 is 0.711. The zero-order valence-corrected chi connectivity index (χ0v) is 5.91. The first-order valence-corrected chi connectivity index (χ1v) is 3.78. The van der Waals surface area contributed by atoms with Gasteiger partial charge in [0.1, 0.15) is 0 Å². The maximum Gasteiger partial charge on any atom is 0.370 e. The predicted octanol–water partition coefficient (Wildman–Crippen LogP) is 1.91. The number of hydrogen-bond acceptors (Lipinski definition) is 4. The Labute approximate surface area is 59.7 Å². The largest absolute Gasteiger partial charge is 0.473 e. The van der Waals surface area contributed by atoms with Crippen LogP contribution >= 0.6 is 23.1 Å². The molecule has 0 atom stereocenters. The smallest absolute Gasteiger partial charge is 0.370 e. The molecule has 3 nitrogen and oxygen atoms in total. The van der Waals surface area contributed by atoms with Gasteiger partial charge in [-0.05, 0) is 0 Å². The van der Waals surface area contributed by atoms with Gasteiger partial charge in [-0.25, -0.2) is 4.79 Å². The number of thiazole rings is 1. The Morgan fingerprint density at radius 1 is 1.89 bits per heavy atom. The average Bonchev–Trinajstić information content (AvgIpc) is 2.15. The minimum absolute atomic E-state index is 0.711. The lowest BCUT2D eigenvalue weighted by molar-refractivity contribution is 0.222. The molecule has 0 saturated carbocycles. The van der Waals surface area contributed by atoms with Crippen molar-refractivity contribution < 1.29 is 9.90 Å². The molecule has 1 aromatic heterocycles. The summed E-state index contributed by atoms with van der Waals surface area (Å²) in [4.78, 5) is 13.7. The van der Waals surface area contributed by atoms with Gasteiger partial charge in [-0.15, -0.1) is 11.3 Å². The number of nitrogens with zero attached hydrogens (tertiary/aromatic N) is 1. The van der Waals surface area contributed by atoms with Crippen molar-refractivity contribution in [2.45, 2.75) is 4.21 Å². The van der Waals surface area contributed by atoms with Crippen LogP contribution in [0.25, 0.3) is 0 Å². The molecule has 1 rings (SSSR count). The van der Waals surface area contributed by atoms with E-state index in [0.29, 0.717) is 4.21 Å². The van der Waals surface area contributed by atoms with E-state index in [1.54, 1.807) is 5.51 Å². The molecule has 1 aromatic rings. The van der Waals surface area contributed by atoms with E-state index in [2.05, 4.69) is 4.98 Å². The van der Waals surface area contributed by atoms with Crippen LogP contribution in [0, 0.1) is 0 Å². The first-order chi connectivity index (χ1) is 4.29. The van der Waals surface area contributed by atoms with Gasteiger partial charge in [-0.1, -0.05) is 0 Å². The number of carbonyl (C=O) groups is 1. The molecule has 0 fully saturated rings. The van der Waals surface area contributed by atoms with E-state index in [9.17, 15) is 4.79 Å². The Hall–Kier alpha value is -0.550. The van der Waals surface area contributed by atoms with E-state index in [1.165, 1.54) is 17.5 Å². The van der Waals surface area contributed by atoms with Gasteiger partial charge in [0.15, 0.2) is 0 Å². The molecule has 0 unspecified atom stereocenters. The van der Waals surface area contributed by atoms with Crippen molar-refractivity contribution in [1.29, 1.82) is 0 Å². The van der Waals surface area contributed by atoms with Gasteiger partial charge in [-0.2, -0.15) is 0 Å².